The molecule has 1 aromatic carbocycles. The zero-order chi connectivity index (χ0) is 16.4. The normalized spacial score (nSPS) is 16.7. The fourth-order valence-electron chi connectivity index (χ4n) is 3.07. The molecule has 1 aliphatic carbocycles. The minimum atomic E-state index is -0.0850. The highest BCUT2D eigenvalue weighted by Gasteiger charge is 2.22. The minimum Gasteiger partial charge on any atom is -0.321 e. The maximum atomic E-state index is 12.5. The van der Waals surface area contributed by atoms with Gasteiger partial charge in [0, 0.05) is 16.1 Å². The van der Waals surface area contributed by atoms with Gasteiger partial charge in [0.1, 0.15) is 0 Å². The number of carbonyl (C=O) groups is 2. The number of nitrogens with one attached hydrogen (secondary N) is 1. The fourth-order valence-corrected chi connectivity index (χ4v) is 4.17. The predicted octanol–water partition coefficient (Wildman–Crippen LogP) is 4.72. The average molecular weight is 327 g/mol. The molecule has 1 aliphatic rings. The molecule has 4 heteroatoms. The van der Waals surface area contributed by atoms with Crippen molar-refractivity contribution in [3.63, 3.8) is 0 Å². The van der Waals surface area contributed by atoms with E-state index in [2.05, 4.69) is 12.2 Å². The Bertz CT molecular complexity index is 748. The minimum absolute atomic E-state index is 0.00158. The van der Waals surface area contributed by atoms with Crippen molar-refractivity contribution in [2.45, 2.75) is 39.5 Å². The fraction of sp³-hybridized carbons (Fsp3) is 0.368. The standard InChI is InChI=1S/C19H21NO2S/c1-3-13-7-8-17-15(9-13)11-18(23-17)19(22)20-16-6-4-5-14(10-16)12(2)21/h4-6,10-11,13H,3,7-9H2,1-2H3,(H,20,22). The first kappa shape index (κ1) is 15.9. The molecule has 1 amide bonds. The highest BCUT2D eigenvalue weighted by Crippen LogP contribution is 2.33. The highest BCUT2D eigenvalue weighted by atomic mass is 32.1. The summed E-state index contributed by atoms with van der Waals surface area (Å²) in [5, 5.41) is 2.91. The van der Waals surface area contributed by atoms with E-state index in [9.17, 15) is 9.59 Å². The van der Waals surface area contributed by atoms with Crippen LogP contribution in [0.5, 0.6) is 0 Å². The number of ketones is 1. The van der Waals surface area contributed by atoms with E-state index in [4.69, 9.17) is 0 Å². The molecular weight excluding hydrogens is 306 g/mol. The average Bonchev–Trinajstić information content (AvgIpc) is 2.98. The van der Waals surface area contributed by atoms with Crippen molar-refractivity contribution in [2.75, 3.05) is 5.32 Å². The van der Waals surface area contributed by atoms with Crippen molar-refractivity contribution < 1.29 is 9.59 Å². The number of hydrogen-bond acceptors (Lipinski definition) is 3. The third-order valence-electron chi connectivity index (χ3n) is 4.51. The molecule has 23 heavy (non-hydrogen) atoms. The lowest BCUT2D eigenvalue weighted by molar-refractivity contribution is 0.101. The molecule has 1 N–H and O–H groups in total. The summed E-state index contributed by atoms with van der Waals surface area (Å²) < 4.78 is 0. The molecule has 0 bridgehead atoms. The summed E-state index contributed by atoms with van der Waals surface area (Å²) in [5.74, 6) is 0.664. The van der Waals surface area contributed by atoms with Crippen molar-refractivity contribution in [3.05, 3.63) is 51.2 Å². The third-order valence-corrected chi connectivity index (χ3v) is 5.75. The Morgan fingerprint density at radius 3 is 2.87 bits per heavy atom. The molecule has 0 radical (unpaired) electrons. The van der Waals surface area contributed by atoms with Crippen LogP contribution in [-0.4, -0.2) is 11.7 Å². The van der Waals surface area contributed by atoms with Gasteiger partial charge < -0.3 is 5.32 Å². The van der Waals surface area contributed by atoms with Gasteiger partial charge in [-0.15, -0.1) is 11.3 Å². The number of fused-ring (bicyclic) bond motifs is 1. The Kier molecular flexibility index (Phi) is 4.62. The van der Waals surface area contributed by atoms with Gasteiger partial charge >= 0.3 is 0 Å². The van der Waals surface area contributed by atoms with Crippen LogP contribution in [0.4, 0.5) is 5.69 Å². The van der Waals surface area contributed by atoms with Gasteiger partial charge in [-0.3, -0.25) is 9.59 Å². The molecule has 1 heterocycles. The molecule has 3 rings (SSSR count). The lowest BCUT2D eigenvalue weighted by Crippen LogP contribution is -2.11. The second-order valence-electron chi connectivity index (χ2n) is 6.17. The van der Waals surface area contributed by atoms with Crippen LogP contribution < -0.4 is 5.32 Å². The second-order valence-corrected chi connectivity index (χ2v) is 7.30. The molecule has 2 aromatic rings. The molecule has 0 fully saturated rings. The molecule has 1 aromatic heterocycles. The van der Waals surface area contributed by atoms with Gasteiger partial charge in [0.05, 0.1) is 4.88 Å². The monoisotopic (exact) mass is 327 g/mol. The largest absolute Gasteiger partial charge is 0.321 e. The molecule has 1 unspecified atom stereocenters. The van der Waals surface area contributed by atoms with E-state index in [0.29, 0.717) is 11.3 Å². The van der Waals surface area contributed by atoms with Crippen LogP contribution in [0, 0.1) is 5.92 Å². The van der Waals surface area contributed by atoms with Crippen LogP contribution >= 0.6 is 11.3 Å². The van der Waals surface area contributed by atoms with Crippen LogP contribution in [0.2, 0.25) is 0 Å². The SMILES string of the molecule is CCC1CCc2sc(C(=O)Nc3cccc(C(C)=O)c3)cc2C1. The zero-order valence-electron chi connectivity index (χ0n) is 13.5. The number of amides is 1. The first-order valence-electron chi connectivity index (χ1n) is 8.10. The second kappa shape index (κ2) is 6.67. The Labute approximate surface area is 140 Å². The van der Waals surface area contributed by atoms with E-state index in [1.165, 1.54) is 30.2 Å². The van der Waals surface area contributed by atoms with Crippen LogP contribution in [0.25, 0.3) is 0 Å². The Morgan fingerprint density at radius 1 is 1.30 bits per heavy atom. The predicted molar refractivity (Wildman–Crippen MR) is 94.5 cm³/mol. The molecule has 0 saturated carbocycles. The number of benzene rings is 1. The molecule has 0 aliphatic heterocycles. The number of hydrogen-bond donors (Lipinski definition) is 1. The smallest absolute Gasteiger partial charge is 0.265 e. The highest BCUT2D eigenvalue weighted by molar-refractivity contribution is 7.14. The summed E-state index contributed by atoms with van der Waals surface area (Å²) in [7, 11) is 0. The number of rotatable bonds is 4. The van der Waals surface area contributed by atoms with Gasteiger partial charge in [0.15, 0.2) is 5.78 Å². The Hall–Kier alpha value is -1.94. The van der Waals surface area contributed by atoms with Crippen LogP contribution in [0.1, 0.15) is 57.2 Å². The molecule has 120 valence electrons. The molecule has 0 spiro atoms. The Balaban J connectivity index is 1.75. The van der Waals surface area contributed by atoms with E-state index in [1.54, 1.807) is 29.5 Å². The summed E-state index contributed by atoms with van der Waals surface area (Å²) in [6, 6.07) is 9.13. The summed E-state index contributed by atoms with van der Waals surface area (Å²) in [4.78, 5) is 26.0. The molecule has 1 atom stereocenters. The maximum Gasteiger partial charge on any atom is 0.265 e. The Morgan fingerprint density at radius 2 is 2.13 bits per heavy atom. The van der Waals surface area contributed by atoms with Gasteiger partial charge in [-0.05, 0) is 55.9 Å². The van der Waals surface area contributed by atoms with E-state index in [1.807, 2.05) is 12.1 Å². The van der Waals surface area contributed by atoms with Crippen molar-refractivity contribution >= 4 is 28.7 Å². The number of anilines is 1. The van der Waals surface area contributed by atoms with Gasteiger partial charge in [-0.2, -0.15) is 0 Å². The van der Waals surface area contributed by atoms with Crippen LogP contribution in [0.3, 0.4) is 0 Å². The quantitative estimate of drug-likeness (QED) is 0.826. The first-order valence-corrected chi connectivity index (χ1v) is 8.92. The topological polar surface area (TPSA) is 46.2 Å². The zero-order valence-corrected chi connectivity index (χ0v) is 14.3. The van der Waals surface area contributed by atoms with E-state index >= 15 is 0 Å². The summed E-state index contributed by atoms with van der Waals surface area (Å²) in [6.45, 7) is 3.76. The maximum absolute atomic E-state index is 12.5. The lowest BCUT2D eigenvalue weighted by Gasteiger charge is -2.19. The third kappa shape index (κ3) is 3.53. The number of aryl methyl sites for hydroxylation is 1. The van der Waals surface area contributed by atoms with Gasteiger partial charge in [-0.1, -0.05) is 25.5 Å². The summed E-state index contributed by atoms with van der Waals surface area (Å²) in [5.41, 5.74) is 2.62. The van der Waals surface area contributed by atoms with Crippen molar-refractivity contribution in [2.24, 2.45) is 5.92 Å². The number of carbonyl (C=O) groups excluding carboxylic acids is 2. The van der Waals surface area contributed by atoms with E-state index in [-0.39, 0.29) is 11.7 Å². The van der Waals surface area contributed by atoms with Crippen molar-refractivity contribution in [1.29, 1.82) is 0 Å². The molecular formula is C19H21NO2S. The number of thiophene rings is 1. The van der Waals surface area contributed by atoms with Gasteiger partial charge in [0.25, 0.3) is 5.91 Å². The van der Waals surface area contributed by atoms with Crippen molar-refractivity contribution in [1.82, 2.24) is 0 Å². The summed E-state index contributed by atoms with van der Waals surface area (Å²) in [6.07, 6.45) is 4.61. The lowest BCUT2D eigenvalue weighted by atomic mass is 9.87. The summed E-state index contributed by atoms with van der Waals surface area (Å²) >= 11 is 1.61. The van der Waals surface area contributed by atoms with Crippen LogP contribution in [-0.2, 0) is 12.8 Å². The van der Waals surface area contributed by atoms with Gasteiger partial charge in [0.2, 0.25) is 0 Å². The van der Waals surface area contributed by atoms with Crippen LogP contribution in [0.15, 0.2) is 30.3 Å². The molecule has 0 saturated heterocycles. The van der Waals surface area contributed by atoms with Crippen molar-refractivity contribution in [3.8, 4) is 0 Å². The first-order chi connectivity index (χ1) is 11.1. The van der Waals surface area contributed by atoms with Gasteiger partial charge in [-0.25, -0.2) is 0 Å². The molecule has 3 nitrogen and oxygen atoms in total. The van der Waals surface area contributed by atoms with E-state index in [0.717, 1.165) is 23.6 Å². The van der Waals surface area contributed by atoms with E-state index < -0.39 is 0 Å². The number of Topliss-reactive ketones (excluding diaryl/α,β-unsaturated/α-hetero) is 1.